The minimum atomic E-state index is -1.65. The van der Waals surface area contributed by atoms with Gasteiger partial charge >= 0.3 is 0 Å². The molecule has 0 amide bonds. The van der Waals surface area contributed by atoms with Crippen LogP contribution in [0, 0.1) is 34.5 Å². The van der Waals surface area contributed by atoms with Gasteiger partial charge in [-0.1, -0.05) is 13.8 Å². The van der Waals surface area contributed by atoms with Crippen molar-refractivity contribution in [3.8, 4) is 0 Å². The molecule has 0 aromatic carbocycles. The Balaban J connectivity index is 1.59. The van der Waals surface area contributed by atoms with Crippen LogP contribution in [0.15, 0.2) is 23.7 Å². The number of Topliss-reactive ketones (excluding diaryl/α,β-unsaturated/α-hetero) is 1. The van der Waals surface area contributed by atoms with E-state index < -0.39 is 16.6 Å². The quantitative estimate of drug-likeness (QED) is 0.441. The van der Waals surface area contributed by atoms with Gasteiger partial charge in [0.05, 0.1) is 11.5 Å². The molecule has 0 spiro atoms. The molecule has 3 unspecified atom stereocenters. The molecule has 4 rings (SSSR count). The number of carbonyl (C=O) groups is 1. The summed E-state index contributed by atoms with van der Waals surface area (Å²) in [5.41, 5.74) is 0.283. The van der Waals surface area contributed by atoms with Crippen LogP contribution in [0.5, 0.6) is 0 Å². The van der Waals surface area contributed by atoms with Crippen LogP contribution < -0.4 is 0 Å². The fourth-order valence-electron chi connectivity index (χ4n) is 7.03. The summed E-state index contributed by atoms with van der Waals surface area (Å²) in [6, 6.07) is 0. The lowest BCUT2D eigenvalue weighted by molar-refractivity contribution is -0.150. The summed E-state index contributed by atoms with van der Waals surface area (Å²) < 4.78 is 12.9. The van der Waals surface area contributed by atoms with Crippen LogP contribution in [0.2, 0.25) is 39.3 Å². The summed E-state index contributed by atoms with van der Waals surface area (Å²) in [7, 11) is -3.25. The van der Waals surface area contributed by atoms with Gasteiger partial charge < -0.3 is 8.85 Å². The van der Waals surface area contributed by atoms with E-state index in [9.17, 15) is 4.79 Å². The standard InChI is InChI=1S/C25H42O3Si2/c1-24-13-11-18(27-29(3,4)5)15-17(24)16-21(26)23-19-9-10-22(28-30(6,7)8)25(19,2)14-12-20(23)24/h10-11,17,19-20,23H,9,12-16H2,1-8H3/t17-,19?,20?,23?,24+,25+/m1/s1. The number of hydrogen-bond donors (Lipinski definition) is 0. The van der Waals surface area contributed by atoms with E-state index in [4.69, 9.17) is 8.85 Å². The normalized spacial score (nSPS) is 41.3. The fourth-order valence-corrected chi connectivity index (χ4v) is 8.96. The van der Waals surface area contributed by atoms with Crippen molar-refractivity contribution in [2.45, 2.75) is 91.7 Å². The van der Waals surface area contributed by atoms with Gasteiger partial charge in [0.1, 0.15) is 5.78 Å². The Kier molecular flexibility index (Phi) is 5.29. The van der Waals surface area contributed by atoms with Crippen LogP contribution in [0.4, 0.5) is 0 Å². The Morgan fingerprint density at radius 1 is 0.933 bits per heavy atom. The first kappa shape index (κ1) is 22.4. The lowest BCUT2D eigenvalue weighted by Gasteiger charge is -2.58. The van der Waals surface area contributed by atoms with Crippen molar-refractivity contribution < 1.29 is 13.6 Å². The van der Waals surface area contributed by atoms with Gasteiger partial charge in [-0.25, -0.2) is 0 Å². The van der Waals surface area contributed by atoms with E-state index in [2.05, 4.69) is 65.3 Å². The molecule has 0 aromatic rings. The van der Waals surface area contributed by atoms with Crippen molar-refractivity contribution in [2.24, 2.45) is 34.5 Å². The van der Waals surface area contributed by atoms with E-state index in [0.29, 0.717) is 23.5 Å². The molecular formula is C25H42O3Si2. The Morgan fingerprint density at radius 2 is 1.60 bits per heavy atom. The average Bonchev–Trinajstić information content (AvgIpc) is 2.90. The summed E-state index contributed by atoms with van der Waals surface area (Å²) in [5, 5.41) is 0. The van der Waals surface area contributed by atoms with Crippen molar-refractivity contribution in [3.05, 3.63) is 23.7 Å². The number of carbonyl (C=O) groups excluding carboxylic acids is 1. The molecule has 6 atom stereocenters. The van der Waals surface area contributed by atoms with Crippen LogP contribution >= 0.6 is 0 Å². The zero-order chi connectivity index (χ0) is 22.1. The first-order chi connectivity index (χ1) is 13.7. The highest BCUT2D eigenvalue weighted by Gasteiger charge is 2.61. The summed E-state index contributed by atoms with van der Waals surface area (Å²) in [6.45, 7) is 18.4. The average molecular weight is 447 g/mol. The van der Waals surface area contributed by atoms with E-state index in [1.54, 1.807) is 0 Å². The van der Waals surface area contributed by atoms with Crippen molar-refractivity contribution >= 4 is 22.4 Å². The van der Waals surface area contributed by atoms with Crippen molar-refractivity contribution in [1.29, 1.82) is 0 Å². The van der Waals surface area contributed by atoms with Crippen LogP contribution in [0.1, 0.15) is 52.4 Å². The second kappa shape index (κ2) is 7.09. The summed E-state index contributed by atoms with van der Waals surface area (Å²) in [6.07, 6.45) is 10.8. The van der Waals surface area contributed by atoms with Crippen molar-refractivity contribution in [3.63, 3.8) is 0 Å². The largest absolute Gasteiger partial charge is 0.548 e. The molecular weight excluding hydrogens is 404 g/mol. The minimum absolute atomic E-state index is 0.0525. The molecule has 4 aliphatic carbocycles. The van der Waals surface area contributed by atoms with Gasteiger partial charge in [-0.15, -0.1) is 0 Å². The number of rotatable bonds is 4. The zero-order valence-electron chi connectivity index (χ0n) is 20.4. The molecule has 30 heavy (non-hydrogen) atoms. The van der Waals surface area contributed by atoms with Gasteiger partial charge in [-0.3, -0.25) is 4.79 Å². The zero-order valence-corrected chi connectivity index (χ0v) is 22.4. The maximum Gasteiger partial charge on any atom is 0.241 e. The third-order valence-corrected chi connectivity index (χ3v) is 10.2. The van der Waals surface area contributed by atoms with Gasteiger partial charge in [0.25, 0.3) is 0 Å². The van der Waals surface area contributed by atoms with E-state index in [0.717, 1.165) is 44.3 Å². The smallest absolute Gasteiger partial charge is 0.241 e. The predicted octanol–water partition coefficient (Wildman–Crippen LogP) is 6.90. The maximum atomic E-state index is 13.6. The number of hydrogen-bond acceptors (Lipinski definition) is 3. The van der Waals surface area contributed by atoms with E-state index >= 15 is 0 Å². The van der Waals surface area contributed by atoms with E-state index in [1.165, 1.54) is 5.76 Å². The summed E-state index contributed by atoms with van der Waals surface area (Å²) in [5.74, 6) is 4.48. The van der Waals surface area contributed by atoms with Gasteiger partial charge in [-0.05, 0) is 100 Å². The molecule has 4 aliphatic rings. The van der Waals surface area contributed by atoms with Crippen LogP contribution in [-0.2, 0) is 13.6 Å². The summed E-state index contributed by atoms with van der Waals surface area (Å²) >= 11 is 0. The second-order valence-corrected chi connectivity index (χ2v) is 21.7. The lowest BCUT2D eigenvalue weighted by atomic mass is 9.45. The topological polar surface area (TPSA) is 35.5 Å². The Morgan fingerprint density at radius 3 is 2.23 bits per heavy atom. The summed E-state index contributed by atoms with van der Waals surface area (Å²) in [4.78, 5) is 13.6. The Labute approximate surface area is 185 Å². The molecule has 0 aliphatic heterocycles. The number of allylic oxidation sites excluding steroid dienone is 4. The SMILES string of the molecule is C[C@]12CCC3C(C(=O)C[C@H]4CC(O[Si](C)(C)C)=CC[C@]34C)C1CC=C2O[Si](C)(C)C. The molecule has 2 saturated carbocycles. The number of fused-ring (bicyclic) bond motifs is 5. The van der Waals surface area contributed by atoms with Crippen molar-refractivity contribution in [1.82, 2.24) is 0 Å². The highest BCUT2D eigenvalue weighted by Crippen LogP contribution is 2.65. The lowest BCUT2D eigenvalue weighted by Crippen LogP contribution is -2.56. The maximum absolute atomic E-state index is 13.6. The fraction of sp³-hybridized carbons (Fsp3) is 0.800. The molecule has 0 N–H and O–H groups in total. The molecule has 5 heteroatoms. The predicted molar refractivity (Wildman–Crippen MR) is 128 cm³/mol. The third kappa shape index (κ3) is 3.78. The van der Waals surface area contributed by atoms with Crippen LogP contribution in [-0.4, -0.2) is 22.4 Å². The Hall–Kier alpha value is -0.816. The Bertz CT molecular complexity index is 787. The van der Waals surface area contributed by atoms with Crippen molar-refractivity contribution in [2.75, 3.05) is 0 Å². The van der Waals surface area contributed by atoms with Gasteiger partial charge in [0.2, 0.25) is 16.6 Å². The van der Waals surface area contributed by atoms with Crippen LogP contribution in [0.3, 0.4) is 0 Å². The first-order valence-corrected chi connectivity index (χ1v) is 18.8. The molecule has 0 radical (unpaired) electrons. The second-order valence-electron chi connectivity index (χ2n) is 12.9. The van der Waals surface area contributed by atoms with E-state index in [-0.39, 0.29) is 16.7 Å². The molecule has 168 valence electrons. The minimum Gasteiger partial charge on any atom is -0.548 e. The molecule has 0 saturated heterocycles. The molecule has 2 fully saturated rings. The molecule has 0 heterocycles. The van der Waals surface area contributed by atoms with Gasteiger partial charge in [0, 0.05) is 24.2 Å². The van der Waals surface area contributed by atoms with Crippen LogP contribution in [0.25, 0.3) is 0 Å². The molecule has 3 nitrogen and oxygen atoms in total. The third-order valence-electron chi connectivity index (χ3n) is 8.45. The highest BCUT2D eigenvalue weighted by atomic mass is 28.4. The molecule has 0 aromatic heterocycles. The van der Waals surface area contributed by atoms with Gasteiger partial charge in [-0.2, -0.15) is 0 Å². The van der Waals surface area contributed by atoms with Gasteiger partial charge in [0.15, 0.2) is 0 Å². The number of ketones is 1. The first-order valence-electron chi connectivity index (χ1n) is 12.0. The monoisotopic (exact) mass is 446 g/mol. The highest BCUT2D eigenvalue weighted by molar-refractivity contribution is 6.70. The van der Waals surface area contributed by atoms with E-state index in [1.807, 2.05) is 0 Å². The molecule has 0 bridgehead atoms.